The molecule has 2 aromatic heterocycles. The van der Waals surface area contributed by atoms with E-state index in [1.807, 2.05) is 24.4 Å². The molecule has 2 aliphatic carbocycles. The van der Waals surface area contributed by atoms with E-state index in [9.17, 15) is 8.78 Å². The Labute approximate surface area is 174 Å². The highest BCUT2D eigenvalue weighted by atomic mass is 19.2. The molecule has 4 fully saturated rings. The molecule has 6 heteroatoms. The molecular weight excluding hydrogens is 384 g/mol. The van der Waals surface area contributed by atoms with Crippen molar-refractivity contribution in [3.05, 3.63) is 66.1 Å². The van der Waals surface area contributed by atoms with Crippen molar-refractivity contribution in [2.75, 3.05) is 19.7 Å². The lowest BCUT2D eigenvalue weighted by atomic mass is 9.48. The highest BCUT2D eigenvalue weighted by Crippen LogP contribution is 2.67. The lowest BCUT2D eigenvalue weighted by molar-refractivity contribution is -0.165. The first kappa shape index (κ1) is 18.3. The maximum Gasteiger partial charge on any atom is 0.162 e. The average molecular weight is 409 g/mol. The minimum atomic E-state index is -0.858. The summed E-state index contributed by atoms with van der Waals surface area (Å²) in [4.78, 5) is 7.31. The Morgan fingerprint density at radius 2 is 1.93 bits per heavy atom. The Morgan fingerprint density at radius 1 is 1.07 bits per heavy atom. The molecule has 2 saturated carbocycles. The van der Waals surface area contributed by atoms with Crippen molar-refractivity contribution in [1.82, 2.24) is 14.3 Å². The van der Waals surface area contributed by atoms with Crippen LogP contribution in [0.3, 0.4) is 0 Å². The molecule has 1 aromatic carbocycles. The molecule has 0 unspecified atom stereocenters. The van der Waals surface area contributed by atoms with Gasteiger partial charge in [0.1, 0.15) is 11.4 Å². The van der Waals surface area contributed by atoms with Crippen LogP contribution in [0.25, 0.3) is 5.65 Å². The minimum absolute atomic E-state index is 0.0882. The lowest BCUT2D eigenvalue weighted by Crippen LogP contribution is -2.65. The fraction of sp³-hybridized carbons (Fsp3) is 0.458. The van der Waals surface area contributed by atoms with Gasteiger partial charge >= 0.3 is 0 Å². The van der Waals surface area contributed by atoms with Crippen molar-refractivity contribution in [2.24, 2.45) is 16.7 Å². The van der Waals surface area contributed by atoms with Crippen LogP contribution in [0.2, 0.25) is 0 Å². The molecule has 2 bridgehead atoms. The number of benzene rings is 1. The predicted octanol–water partition coefficient (Wildman–Crippen LogP) is 4.68. The number of fused-ring (bicyclic) bond motifs is 3. The number of hydrogen-bond acceptors (Lipinski definition) is 3. The van der Waals surface area contributed by atoms with Crippen LogP contribution < -0.4 is 4.74 Å². The fourth-order valence-corrected chi connectivity index (χ4v) is 6.11. The van der Waals surface area contributed by atoms with Gasteiger partial charge in [-0.2, -0.15) is 0 Å². The standard InChI is InChI=1S/C24H25F2N3O/c25-20-7-6-19(9-21(20)26)30-16-23-12-24(13-23,17-4-5-17)15-28(14-23)10-18-11-29-8-2-1-3-22(29)27-18/h1-3,6-9,11,17H,4-5,10,12-16H2. The molecule has 0 radical (unpaired) electrons. The summed E-state index contributed by atoms with van der Waals surface area (Å²) in [5.74, 6) is -0.460. The van der Waals surface area contributed by atoms with Crippen molar-refractivity contribution in [3.63, 3.8) is 0 Å². The van der Waals surface area contributed by atoms with Gasteiger partial charge in [-0.05, 0) is 61.3 Å². The summed E-state index contributed by atoms with van der Waals surface area (Å²) in [5.41, 5.74) is 2.55. The number of halogens is 2. The molecule has 4 nitrogen and oxygen atoms in total. The van der Waals surface area contributed by atoms with Crippen molar-refractivity contribution in [1.29, 1.82) is 0 Å². The van der Waals surface area contributed by atoms with Crippen LogP contribution in [-0.4, -0.2) is 34.0 Å². The number of aromatic nitrogens is 2. The van der Waals surface area contributed by atoms with Gasteiger partial charge in [0.15, 0.2) is 11.6 Å². The maximum atomic E-state index is 13.5. The maximum absolute atomic E-state index is 13.5. The van der Waals surface area contributed by atoms with Crippen LogP contribution in [-0.2, 0) is 6.54 Å². The average Bonchev–Trinajstić information content (AvgIpc) is 3.49. The van der Waals surface area contributed by atoms with Gasteiger partial charge in [-0.25, -0.2) is 13.8 Å². The molecule has 156 valence electrons. The molecular formula is C24H25F2N3O. The van der Waals surface area contributed by atoms with E-state index in [0.717, 1.165) is 49.0 Å². The molecule has 30 heavy (non-hydrogen) atoms. The second kappa shape index (κ2) is 6.51. The van der Waals surface area contributed by atoms with E-state index in [2.05, 4.69) is 15.5 Å². The summed E-state index contributed by atoms with van der Waals surface area (Å²) in [5, 5.41) is 0. The highest BCUT2D eigenvalue weighted by Gasteiger charge is 2.64. The zero-order chi connectivity index (χ0) is 20.3. The number of imidazole rings is 1. The normalized spacial score (nSPS) is 28.5. The molecule has 2 saturated heterocycles. The number of ether oxygens (including phenoxy) is 1. The van der Waals surface area contributed by atoms with Gasteiger partial charge in [-0.3, -0.25) is 4.90 Å². The van der Waals surface area contributed by atoms with Crippen molar-refractivity contribution in [3.8, 4) is 5.75 Å². The first-order valence-corrected chi connectivity index (χ1v) is 10.8. The van der Waals surface area contributed by atoms with E-state index in [0.29, 0.717) is 17.8 Å². The molecule has 4 heterocycles. The van der Waals surface area contributed by atoms with E-state index in [-0.39, 0.29) is 5.41 Å². The van der Waals surface area contributed by atoms with Crippen molar-refractivity contribution < 1.29 is 13.5 Å². The topological polar surface area (TPSA) is 29.8 Å². The third kappa shape index (κ3) is 3.09. The largest absolute Gasteiger partial charge is 0.493 e. The number of pyridine rings is 1. The van der Waals surface area contributed by atoms with E-state index in [1.54, 1.807) is 0 Å². The van der Waals surface area contributed by atoms with E-state index in [4.69, 9.17) is 9.72 Å². The molecule has 3 aromatic rings. The number of rotatable bonds is 6. The minimum Gasteiger partial charge on any atom is -0.493 e. The van der Waals surface area contributed by atoms with Crippen LogP contribution in [0.4, 0.5) is 8.78 Å². The van der Waals surface area contributed by atoms with Gasteiger partial charge < -0.3 is 9.14 Å². The molecule has 7 rings (SSSR count). The third-order valence-corrected chi connectivity index (χ3v) is 7.23. The van der Waals surface area contributed by atoms with Crippen molar-refractivity contribution >= 4 is 5.65 Å². The van der Waals surface area contributed by atoms with Gasteiger partial charge in [-0.15, -0.1) is 0 Å². The molecule has 2 aliphatic heterocycles. The number of piperidine rings is 2. The lowest BCUT2D eigenvalue weighted by Gasteiger charge is -2.64. The predicted molar refractivity (Wildman–Crippen MR) is 109 cm³/mol. The molecule has 0 amide bonds. The van der Waals surface area contributed by atoms with Crippen LogP contribution in [0.15, 0.2) is 48.8 Å². The van der Waals surface area contributed by atoms with Crippen molar-refractivity contribution in [2.45, 2.75) is 32.2 Å². The SMILES string of the molecule is Fc1ccc(OCC23CN(Cc4cn5ccccc5n4)CC(C4CC4)(C2)C3)cc1F. The molecule has 0 N–H and O–H groups in total. The van der Waals surface area contributed by atoms with Gasteiger partial charge in [0.25, 0.3) is 0 Å². The van der Waals surface area contributed by atoms with Crippen LogP contribution in [0, 0.1) is 28.4 Å². The zero-order valence-corrected chi connectivity index (χ0v) is 16.9. The van der Waals surface area contributed by atoms with Crippen LogP contribution in [0.1, 0.15) is 31.4 Å². The first-order valence-electron chi connectivity index (χ1n) is 10.8. The third-order valence-electron chi connectivity index (χ3n) is 7.23. The summed E-state index contributed by atoms with van der Waals surface area (Å²) >= 11 is 0. The summed E-state index contributed by atoms with van der Waals surface area (Å²) in [6, 6.07) is 9.85. The first-order chi connectivity index (χ1) is 14.5. The highest BCUT2D eigenvalue weighted by molar-refractivity contribution is 5.39. The Bertz CT molecular complexity index is 1070. The van der Waals surface area contributed by atoms with Crippen LogP contribution >= 0.6 is 0 Å². The monoisotopic (exact) mass is 409 g/mol. The van der Waals surface area contributed by atoms with Gasteiger partial charge in [0.05, 0.1) is 12.3 Å². The number of nitrogens with zero attached hydrogens (tertiary/aromatic N) is 3. The van der Waals surface area contributed by atoms with Crippen LogP contribution in [0.5, 0.6) is 5.75 Å². The van der Waals surface area contributed by atoms with E-state index in [1.165, 1.54) is 31.7 Å². The quantitative estimate of drug-likeness (QED) is 0.592. The van der Waals surface area contributed by atoms with Gasteiger partial charge in [-0.1, -0.05) is 6.07 Å². The number of hydrogen-bond donors (Lipinski definition) is 0. The van der Waals surface area contributed by atoms with Gasteiger partial charge in [0.2, 0.25) is 0 Å². The van der Waals surface area contributed by atoms with E-state index < -0.39 is 11.6 Å². The molecule has 4 aliphatic rings. The summed E-state index contributed by atoms with van der Waals surface area (Å²) in [6.45, 7) is 3.47. The molecule has 0 atom stereocenters. The second-order valence-electron chi connectivity index (χ2n) is 9.70. The second-order valence-corrected chi connectivity index (χ2v) is 9.70. The summed E-state index contributed by atoms with van der Waals surface area (Å²) < 4.78 is 34.8. The Kier molecular flexibility index (Phi) is 3.97. The Morgan fingerprint density at radius 3 is 2.70 bits per heavy atom. The Hall–Kier alpha value is -2.47. The van der Waals surface area contributed by atoms with Gasteiger partial charge in [0, 0.05) is 43.5 Å². The molecule has 0 spiro atoms. The summed E-state index contributed by atoms with van der Waals surface area (Å²) in [7, 11) is 0. The fourth-order valence-electron chi connectivity index (χ4n) is 6.11. The van der Waals surface area contributed by atoms with E-state index >= 15 is 0 Å². The smallest absolute Gasteiger partial charge is 0.162 e. The summed E-state index contributed by atoms with van der Waals surface area (Å²) in [6.07, 6.45) is 9.17. The Balaban J connectivity index is 1.19. The zero-order valence-electron chi connectivity index (χ0n) is 16.9.